The molecule has 0 unspecified atom stereocenters. The van der Waals surface area contributed by atoms with Gasteiger partial charge in [-0.2, -0.15) is 5.10 Å². The fraction of sp³-hybridized carbons (Fsp3) is 0.269. The summed E-state index contributed by atoms with van der Waals surface area (Å²) in [6.45, 7) is 1.30. The van der Waals surface area contributed by atoms with Crippen molar-refractivity contribution in [2.75, 3.05) is 17.2 Å². The second-order valence-electron chi connectivity index (χ2n) is 9.04. The van der Waals surface area contributed by atoms with Gasteiger partial charge in [-0.25, -0.2) is 19.3 Å². The van der Waals surface area contributed by atoms with Gasteiger partial charge in [-0.15, -0.1) is 0 Å². The second kappa shape index (κ2) is 11.3. The Bertz CT molecular complexity index is 1580. The van der Waals surface area contributed by atoms with E-state index >= 15 is 0 Å². The maximum Gasteiger partial charge on any atom is 0.248 e. The normalized spacial score (nSPS) is 17.0. The number of benzene rings is 1. The van der Waals surface area contributed by atoms with Crippen LogP contribution in [0.25, 0.3) is 22.0 Å². The van der Waals surface area contributed by atoms with Gasteiger partial charge in [-0.05, 0) is 52.7 Å². The number of anilines is 1. The van der Waals surface area contributed by atoms with Crippen LogP contribution in [0, 0.1) is 6.92 Å². The zero-order valence-electron chi connectivity index (χ0n) is 20.6. The van der Waals surface area contributed by atoms with Crippen LogP contribution in [0.2, 0.25) is 0 Å². The lowest BCUT2D eigenvalue weighted by Crippen LogP contribution is -2.44. The van der Waals surface area contributed by atoms with E-state index in [2.05, 4.69) is 57.2 Å². The number of nitrogens with one attached hydrogen (secondary N) is 1. The molecule has 5 rings (SSSR count). The third kappa shape index (κ3) is 5.74. The number of rotatable bonds is 7. The number of pyridine rings is 1. The Morgan fingerprint density at radius 3 is 2.62 bits per heavy atom. The number of hydrogen-bond acceptors (Lipinski definition) is 7. The van der Waals surface area contributed by atoms with E-state index < -0.39 is 24.0 Å². The number of likely N-dealkylation sites (tertiary alicyclic amines) is 1. The molecule has 4 heterocycles. The predicted molar refractivity (Wildman–Crippen MR) is 149 cm³/mol. The van der Waals surface area contributed by atoms with Crippen LogP contribution in [0.5, 0.6) is 0 Å². The summed E-state index contributed by atoms with van der Waals surface area (Å²) < 4.78 is 16.4. The van der Waals surface area contributed by atoms with E-state index in [4.69, 9.17) is 0 Å². The highest BCUT2D eigenvalue weighted by molar-refractivity contribution is 9.10. The van der Waals surface area contributed by atoms with Crippen LogP contribution in [-0.4, -0.2) is 71.3 Å². The number of aryl methyl sites for hydroxylation is 1. The van der Waals surface area contributed by atoms with Crippen molar-refractivity contribution in [3.05, 3.63) is 64.9 Å². The first-order valence-corrected chi connectivity index (χ1v) is 13.9. The van der Waals surface area contributed by atoms with Crippen molar-refractivity contribution in [2.45, 2.75) is 32.1 Å². The largest absolute Gasteiger partial charge is 0.326 e. The number of hydrogen-bond donors (Lipinski definition) is 1. The molecule has 1 fully saturated rings. The lowest BCUT2D eigenvalue weighted by molar-refractivity contribution is -0.137. The molecule has 3 aromatic heterocycles. The van der Waals surface area contributed by atoms with Crippen molar-refractivity contribution < 1.29 is 18.8 Å². The topological polar surface area (TPSA) is 123 Å². The highest BCUT2D eigenvalue weighted by Gasteiger charge is 2.40. The van der Waals surface area contributed by atoms with E-state index in [-0.39, 0.29) is 42.1 Å². The lowest BCUT2D eigenvalue weighted by Gasteiger charge is -2.23. The van der Waals surface area contributed by atoms with Crippen LogP contribution in [0.3, 0.4) is 0 Å². The molecule has 0 aliphatic carbocycles. The van der Waals surface area contributed by atoms with E-state index in [0.29, 0.717) is 21.3 Å². The van der Waals surface area contributed by atoms with Crippen LogP contribution in [0.15, 0.2) is 53.4 Å². The molecule has 13 heteroatoms. The van der Waals surface area contributed by atoms with Gasteiger partial charge in [0.15, 0.2) is 5.78 Å². The number of carbonyl (C=O) groups excluding carboxylic acids is 3. The number of amides is 2. The molecule has 2 amide bonds. The first kappa shape index (κ1) is 27.0. The Hall–Kier alpha value is -3.58. The standard InChI is InChI=1S/C26H22Br2FN7O3/c1-14-30-10-16(11-31-14)15-5-6-19-18(7-15)25(21(37)9-27)34-36(19)13-24(38)35-12-17(29)8-20(35)26(39)33-23-4-2-3-22(28)32-23/h2-7,10-11,17,20H,8-9,12-13H2,1H3,(H,32,33,39)/t17-,20+/m1/s1. The SMILES string of the molecule is Cc1ncc(-c2ccc3c(c2)c(C(=O)CBr)nn3CC(=O)N2C[C@H](F)C[C@H]2C(=O)Nc2cccc(Br)n2)cn1. The number of nitrogens with zero attached hydrogens (tertiary/aromatic N) is 6. The van der Waals surface area contributed by atoms with E-state index in [1.165, 1.54) is 9.58 Å². The van der Waals surface area contributed by atoms with Crippen LogP contribution < -0.4 is 5.32 Å². The van der Waals surface area contributed by atoms with Gasteiger partial charge in [0.2, 0.25) is 11.8 Å². The molecule has 1 aliphatic heterocycles. The first-order chi connectivity index (χ1) is 18.7. The molecule has 4 aromatic rings. The fourth-order valence-electron chi connectivity index (χ4n) is 4.51. The minimum absolute atomic E-state index is 0.0481. The number of ketones is 1. The minimum atomic E-state index is -1.35. The number of carbonyl (C=O) groups is 3. The number of halogens is 3. The van der Waals surface area contributed by atoms with Crippen molar-refractivity contribution in [3.63, 3.8) is 0 Å². The number of fused-ring (bicyclic) bond motifs is 1. The van der Waals surface area contributed by atoms with Gasteiger partial charge in [0.1, 0.15) is 40.7 Å². The molecule has 1 aliphatic rings. The molecule has 1 N–H and O–H groups in total. The molecule has 200 valence electrons. The van der Waals surface area contributed by atoms with Crippen LogP contribution in [0.1, 0.15) is 22.7 Å². The van der Waals surface area contributed by atoms with Gasteiger partial charge in [0.25, 0.3) is 0 Å². The van der Waals surface area contributed by atoms with Crippen LogP contribution >= 0.6 is 31.9 Å². The summed E-state index contributed by atoms with van der Waals surface area (Å²) in [7, 11) is 0. The number of alkyl halides is 2. The summed E-state index contributed by atoms with van der Waals surface area (Å²) in [5.41, 5.74) is 2.31. The van der Waals surface area contributed by atoms with Gasteiger partial charge >= 0.3 is 0 Å². The van der Waals surface area contributed by atoms with Gasteiger partial charge in [-0.1, -0.05) is 28.1 Å². The number of Topliss-reactive ketones (excluding diaryl/α,β-unsaturated/α-hetero) is 1. The first-order valence-electron chi connectivity index (χ1n) is 12.0. The summed E-state index contributed by atoms with van der Waals surface area (Å²) >= 11 is 6.44. The molecular formula is C26H22Br2FN7O3. The molecule has 0 spiro atoms. The second-order valence-corrected chi connectivity index (χ2v) is 10.4. The number of aromatic nitrogens is 5. The van der Waals surface area contributed by atoms with Crippen molar-refractivity contribution in [2.24, 2.45) is 0 Å². The van der Waals surface area contributed by atoms with Gasteiger partial charge in [-0.3, -0.25) is 19.1 Å². The van der Waals surface area contributed by atoms with Crippen molar-refractivity contribution >= 4 is 66.2 Å². The fourth-order valence-corrected chi connectivity index (χ4v) is 5.11. The maximum atomic E-state index is 14.4. The summed E-state index contributed by atoms with van der Waals surface area (Å²) in [5, 5.41) is 7.70. The Morgan fingerprint density at radius 2 is 1.90 bits per heavy atom. The molecule has 2 atom stereocenters. The highest BCUT2D eigenvalue weighted by Crippen LogP contribution is 2.28. The van der Waals surface area contributed by atoms with Crippen LogP contribution in [-0.2, 0) is 16.1 Å². The smallest absolute Gasteiger partial charge is 0.248 e. The van der Waals surface area contributed by atoms with Crippen molar-refractivity contribution in [3.8, 4) is 11.1 Å². The summed E-state index contributed by atoms with van der Waals surface area (Å²) in [5.74, 6) is -0.351. The zero-order chi connectivity index (χ0) is 27.7. The minimum Gasteiger partial charge on any atom is -0.326 e. The molecule has 0 bridgehead atoms. The summed E-state index contributed by atoms with van der Waals surface area (Å²) in [6.07, 6.45) is 1.91. The van der Waals surface area contributed by atoms with E-state index in [9.17, 15) is 18.8 Å². The third-order valence-electron chi connectivity index (χ3n) is 6.37. The monoisotopic (exact) mass is 657 g/mol. The van der Waals surface area contributed by atoms with E-state index in [1.807, 2.05) is 12.1 Å². The Balaban J connectivity index is 1.42. The Labute approximate surface area is 239 Å². The summed E-state index contributed by atoms with van der Waals surface area (Å²) in [6, 6.07) is 9.41. The average molecular weight is 659 g/mol. The quantitative estimate of drug-likeness (QED) is 0.180. The van der Waals surface area contributed by atoms with Crippen LogP contribution in [0.4, 0.5) is 10.2 Å². The predicted octanol–water partition coefficient (Wildman–Crippen LogP) is 4.11. The molecular weight excluding hydrogens is 637 g/mol. The van der Waals surface area contributed by atoms with E-state index in [1.54, 1.807) is 43.6 Å². The lowest BCUT2D eigenvalue weighted by atomic mass is 10.0. The highest BCUT2D eigenvalue weighted by atomic mass is 79.9. The molecule has 10 nitrogen and oxygen atoms in total. The maximum absolute atomic E-state index is 14.4. The van der Waals surface area contributed by atoms with Crippen molar-refractivity contribution in [1.82, 2.24) is 29.6 Å². The zero-order valence-corrected chi connectivity index (χ0v) is 23.8. The van der Waals surface area contributed by atoms with E-state index in [0.717, 1.165) is 11.1 Å². The average Bonchev–Trinajstić information content (AvgIpc) is 3.49. The van der Waals surface area contributed by atoms with Crippen molar-refractivity contribution in [1.29, 1.82) is 0 Å². The molecule has 1 aromatic carbocycles. The van der Waals surface area contributed by atoms with Gasteiger partial charge in [0.05, 0.1) is 17.4 Å². The molecule has 1 saturated heterocycles. The Morgan fingerprint density at radius 1 is 1.13 bits per heavy atom. The Kier molecular flexibility index (Phi) is 7.80. The molecule has 0 saturated carbocycles. The molecule has 0 radical (unpaired) electrons. The van der Waals surface area contributed by atoms with Gasteiger partial charge in [0, 0.05) is 29.8 Å². The third-order valence-corrected chi connectivity index (χ3v) is 7.33. The summed E-state index contributed by atoms with van der Waals surface area (Å²) in [4.78, 5) is 52.9. The molecule has 39 heavy (non-hydrogen) atoms. The van der Waals surface area contributed by atoms with Gasteiger partial charge < -0.3 is 10.2 Å².